The molecule has 2 N–H and O–H groups in total. The van der Waals surface area contributed by atoms with Crippen molar-refractivity contribution < 1.29 is 19.1 Å². The SMILES string of the molecule is COc1ccc(C2NC(SCC(=O)N3CCCCCC3)C3C(=O)N(C)C(=O)N(C)C3N2)cc1. The first-order valence-corrected chi connectivity index (χ1v) is 12.6. The van der Waals surface area contributed by atoms with Crippen LogP contribution in [-0.2, 0) is 9.59 Å². The van der Waals surface area contributed by atoms with Crippen LogP contribution in [0.3, 0.4) is 0 Å². The molecule has 3 fully saturated rings. The Labute approximate surface area is 199 Å². The maximum absolute atomic E-state index is 13.1. The molecule has 4 rings (SSSR count). The van der Waals surface area contributed by atoms with E-state index < -0.39 is 12.1 Å². The molecule has 0 aromatic heterocycles. The van der Waals surface area contributed by atoms with Crippen molar-refractivity contribution in [2.24, 2.45) is 5.92 Å². The van der Waals surface area contributed by atoms with E-state index in [1.165, 1.54) is 36.6 Å². The van der Waals surface area contributed by atoms with Crippen molar-refractivity contribution in [3.8, 4) is 5.75 Å². The molecular formula is C23H33N5O4S. The minimum atomic E-state index is -0.505. The van der Waals surface area contributed by atoms with E-state index >= 15 is 0 Å². The van der Waals surface area contributed by atoms with Gasteiger partial charge in [0.05, 0.1) is 36.5 Å². The third-order valence-electron chi connectivity index (χ3n) is 6.75. The number of amides is 4. The molecule has 3 aliphatic rings. The van der Waals surface area contributed by atoms with Crippen LogP contribution in [0.2, 0.25) is 0 Å². The van der Waals surface area contributed by atoms with E-state index in [0.717, 1.165) is 37.2 Å². The maximum Gasteiger partial charge on any atom is 0.327 e. The molecule has 0 spiro atoms. The monoisotopic (exact) mass is 475 g/mol. The van der Waals surface area contributed by atoms with E-state index in [2.05, 4.69) is 10.6 Å². The molecule has 33 heavy (non-hydrogen) atoms. The van der Waals surface area contributed by atoms with Gasteiger partial charge in [-0.15, -0.1) is 11.8 Å². The van der Waals surface area contributed by atoms with Crippen LogP contribution in [0.5, 0.6) is 5.75 Å². The molecule has 3 heterocycles. The standard InChI is InChI=1S/C23H33N5O4S/c1-26-20-18(22(30)27(2)23(26)31)21(33-14-17(29)28-12-6-4-5-7-13-28)25-19(24-20)15-8-10-16(32-3)11-9-15/h8-11,18-21,24-25H,4-7,12-14H2,1-3H3. The lowest BCUT2D eigenvalue weighted by Crippen LogP contribution is -2.72. The van der Waals surface area contributed by atoms with Crippen LogP contribution in [0.4, 0.5) is 4.79 Å². The number of imide groups is 1. The molecule has 3 aliphatic heterocycles. The fraction of sp³-hybridized carbons (Fsp3) is 0.609. The summed E-state index contributed by atoms with van der Waals surface area (Å²) >= 11 is 1.45. The quantitative estimate of drug-likeness (QED) is 0.671. The maximum atomic E-state index is 13.1. The van der Waals surface area contributed by atoms with Crippen LogP contribution in [0.15, 0.2) is 24.3 Å². The summed E-state index contributed by atoms with van der Waals surface area (Å²) in [6, 6.07) is 7.32. The van der Waals surface area contributed by atoms with Gasteiger partial charge < -0.3 is 14.5 Å². The fourth-order valence-corrected chi connectivity index (χ4v) is 5.97. The molecule has 9 nitrogen and oxygen atoms in total. The van der Waals surface area contributed by atoms with Gasteiger partial charge in [-0.25, -0.2) is 4.79 Å². The summed E-state index contributed by atoms with van der Waals surface area (Å²) in [5.41, 5.74) is 0.964. The van der Waals surface area contributed by atoms with Gasteiger partial charge in [-0.2, -0.15) is 0 Å². The van der Waals surface area contributed by atoms with Crippen LogP contribution in [-0.4, -0.2) is 84.1 Å². The van der Waals surface area contributed by atoms with Crippen molar-refractivity contribution in [1.29, 1.82) is 0 Å². The van der Waals surface area contributed by atoms with Crippen LogP contribution < -0.4 is 15.4 Å². The zero-order valence-electron chi connectivity index (χ0n) is 19.5. The Kier molecular flexibility index (Phi) is 7.45. The largest absolute Gasteiger partial charge is 0.497 e. The first-order valence-electron chi connectivity index (χ1n) is 11.5. The molecule has 0 saturated carbocycles. The second kappa shape index (κ2) is 10.3. The molecule has 4 atom stereocenters. The Hall–Kier alpha value is -2.30. The van der Waals surface area contributed by atoms with Crippen LogP contribution in [0.1, 0.15) is 37.4 Å². The normalized spacial score (nSPS) is 28.4. The minimum Gasteiger partial charge on any atom is -0.497 e. The number of benzene rings is 1. The van der Waals surface area contributed by atoms with Gasteiger partial charge in [0.25, 0.3) is 0 Å². The number of ether oxygens (including phenoxy) is 1. The Balaban J connectivity index is 1.54. The predicted molar refractivity (Wildman–Crippen MR) is 127 cm³/mol. The zero-order valence-corrected chi connectivity index (χ0v) is 20.3. The van der Waals surface area contributed by atoms with Gasteiger partial charge >= 0.3 is 6.03 Å². The second-order valence-electron chi connectivity index (χ2n) is 8.83. The summed E-state index contributed by atoms with van der Waals surface area (Å²) in [5, 5.41) is 6.62. The number of methoxy groups -OCH3 is 1. The fourth-order valence-electron chi connectivity index (χ4n) is 4.76. The smallest absolute Gasteiger partial charge is 0.327 e. The Morgan fingerprint density at radius 2 is 1.73 bits per heavy atom. The van der Waals surface area contributed by atoms with Gasteiger partial charge in [0, 0.05) is 27.2 Å². The third kappa shape index (κ3) is 4.97. The molecule has 180 valence electrons. The Morgan fingerprint density at radius 3 is 2.36 bits per heavy atom. The summed E-state index contributed by atoms with van der Waals surface area (Å²) < 4.78 is 5.26. The number of nitrogens with one attached hydrogen (secondary N) is 2. The number of likely N-dealkylation sites (tertiary alicyclic amines) is 1. The van der Waals surface area contributed by atoms with Crippen molar-refractivity contribution in [2.45, 2.75) is 43.4 Å². The molecule has 1 aromatic carbocycles. The van der Waals surface area contributed by atoms with Gasteiger partial charge in [-0.1, -0.05) is 25.0 Å². The number of nitrogens with zero attached hydrogens (tertiary/aromatic N) is 3. The molecule has 0 radical (unpaired) electrons. The number of thioether (sulfide) groups is 1. The van der Waals surface area contributed by atoms with E-state index in [9.17, 15) is 14.4 Å². The van der Waals surface area contributed by atoms with E-state index in [-0.39, 0.29) is 29.4 Å². The predicted octanol–water partition coefficient (Wildman–Crippen LogP) is 1.81. The van der Waals surface area contributed by atoms with Crippen molar-refractivity contribution in [3.05, 3.63) is 29.8 Å². The van der Waals surface area contributed by atoms with Gasteiger partial charge in [-0.3, -0.25) is 25.1 Å². The number of hydrogen-bond acceptors (Lipinski definition) is 7. The highest BCUT2D eigenvalue weighted by Crippen LogP contribution is 2.34. The van der Waals surface area contributed by atoms with Crippen LogP contribution in [0, 0.1) is 5.92 Å². The summed E-state index contributed by atoms with van der Waals surface area (Å²) in [7, 11) is 4.84. The van der Waals surface area contributed by atoms with Crippen molar-refractivity contribution in [2.75, 3.05) is 40.0 Å². The van der Waals surface area contributed by atoms with E-state index in [1.807, 2.05) is 29.2 Å². The van der Waals surface area contributed by atoms with E-state index in [1.54, 1.807) is 19.1 Å². The number of carbonyl (C=O) groups is 3. The second-order valence-corrected chi connectivity index (χ2v) is 9.96. The molecule has 10 heteroatoms. The lowest BCUT2D eigenvalue weighted by molar-refractivity contribution is -0.140. The highest BCUT2D eigenvalue weighted by Gasteiger charge is 2.51. The van der Waals surface area contributed by atoms with Gasteiger partial charge in [0.15, 0.2) is 0 Å². The van der Waals surface area contributed by atoms with Gasteiger partial charge in [-0.05, 0) is 30.5 Å². The lowest BCUT2D eigenvalue weighted by Gasteiger charge is -2.50. The Bertz CT molecular complexity index is 874. The number of rotatable bonds is 5. The Morgan fingerprint density at radius 1 is 1.06 bits per heavy atom. The number of hydrogen-bond donors (Lipinski definition) is 2. The number of carbonyl (C=O) groups excluding carboxylic acids is 3. The van der Waals surface area contributed by atoms with Crippen molar-refractivity contribution >= 4 is 29.6 Å². The molecule has 4 amide bonds. The summed E-state index contributed by atoms with van der Waals surface area (Å²) in [6.45, 7) is 1.61. The summed E-state index contributed by atoms with van der Waals surface area (Å²) in [5.74, 6) is 0.416. The van der Waals surface area contributed by atoms with E-state index in [0.29, 0.717) is 5.75 Å². The van der Waals surface area contributed by atoms with Crippen LogP contribution in [0.25, 0.3) is 0 Å². The average molecular weight is 476 g/mol. The molecule has 0 aliphatic carbocycles. The third-order valence-corrected chi connectivity index (χ3v) is 7.95. The minimum absolute atomic E-state index is 0.112. The van der Waals surface area contributed by atoms with Gasteiger partial charge in [0.2, 0.25) is 11.8 Å². The molecule has 4 unspecified atom stereocenters. The highest BCUT2D eigenvalue weighted by atomic mass is 32.2. The number of urea groups is 1. The van der Waals surface area contributed by atoms with Gasteiger partial charge in [0.1, 0.15) is 5.75 Å². The van der Waals surface area contributed by atoms with E-state index in [4.69, 9.17) is 4.74 Å². The molecule has 1 aromatic rings. The average Bonchev–Trinajstić information content (AvgIpc) is 3.14. The first-order chi connectivity index (χ1) is 15.9. The molecule has 0 bridgehead atoms. The first kappa shape index (κ1) is 23.8. The van der Waals surface area contributed by atoms with Crippen molar-refractivity contribution in [1.82, 2.24) is 25.3 Å². The molecular weight excluding hydrogens is 442 g/mol. The molecule has 3 saturated heterocycles. The van der Waals surface area contributed by atoms with Crippen LogP contribution >= 0.6 is 11.8 Å². The topological polar surface area (TPSA) is 94.2 Å². The summed E-state index contributed by atoms with van der Waals surface area (Å²) in [4.78, 5) is 43.4. The zero-order chi connectivity index (χ0) is 23.5. The summed E-state index contributed by atoms with van der Waals surface area (Å²) in [6.07, 6.45) is 3.67. The van der Waals surface area contributed by atoms with Crippen molar-refractivity contribution in [3.63, 3.8) is 0 Å². The lowest BCUT2D eigenvalue weighted by atomic mass is 9.96. The number of fused-ring (bicyclic) bond motifs is 1. The highest BCUT2D eigenvalue weighted by molar-refractivity contribution is 8.00.